The first kappa shape index (κ1) is 18.0. The first-order valence-electron chi connectivity index (χ1n) is 9.13. The highest BCUT2D eigenvalue weighted by Gasteiger charge is 2.34. The summed E-state index contributed by atoms with van der Waals surface area (Å²) in [6, 6.07) is 12.5. The SMILES string of the molecule is Cc1ccc(N2C(=O)CS[C@H]2c2cccc(NC(=O)C3CCC3)c2)cc1F. The van der Waals surface area contributed by atoms with Gasteiger partial charge in [0.1, 0.15) is 11.2 Å². The van der Waals surface area contributed by atoms with Crippen molar-refractivity contribution in [3.8, 4) is 0 Å². The van der Waals surface area contributed by atoms with Gasteiger partial charge in [-0.2, -0.15) is 0 Å². The Bertz CT molecular complexity index is 898. The van der Waals surface area contributed by atoms with Crippen molar-refractivity contribution >= 4 is 35.0 Å². The molecule has 1 heterocycles. The molecule has 1 saturated heterocycles. The minimum absolute atomic E-state index is 0.0443. The summed E-state index contributed by atoms with van der Waals surface area (Å²) in [4.78, 5) is 26.3. The second-order valence-electron chi connectivity index (χ2n) is 7.10. The lowest BCUT2D eigenvalue weighted by Gasteiger charge is -2.26. The average Bonchev–Trinajstić information content (AvgIpc) is 2.97. The summed E-state index contributed by atoms with van der Waals surface area (Å²) in [6.45, 7) is 1.70. The fraction of sp³-hybridized carbons (Fsp3) is 0.333. The number of carbonyl (C=O) groups is 2. The number of anilines is 2. The Morgan fingerprint density at radius 3 is 2.74 bits per heavy atom. The van der Waals surface area contributed by atoms with Gasteiger partial charge in [0, 0.05) is 17.3 Å². The average molecular weight is 384 g/mol. The molecular weight excluding hydrogens is 363 g/mol. The van der Waals surface area contributed by atoms with E-state index in [-0.39, 0.29) is 28.9 Å². The van der Waals surface area contributed by atoms with Gasteiger partial charge in [-0.25, -0.2) is 4.39 Å². The number of rotatable bonds is 4. The van der Waals surface area contributed by atoms with Gasteiger partial charge in [0.25, 0.3) is 0 Å². The number of benzene rings is 2. The molecule has 140 valence electrons. The second kappa shape index (κ2) is 7.35. The summed E-state index contributed by atoms with van der Waals surface area (Å²) in [6.07, 6.45) is 3.01. The standard InChI is InChI=1S/C21H21FN2O2S/c1-13-8-9-17(11-18(13)22)24-19(25)12-27-21(24)15-6-3-7-16(10-15)23-20(26)14-4-2-5-14/h3,6-11,14,21H,2,4-5,12H2,1H3,(H,23,26)/t21-/m0/s1. The van der Waals surface area contributed by atoms with Gasteiger partial charge in [0.2, 0.25) is 11.8 Å². The van der Waals surface area contributed by atoms with E-state index in [1.807, 2.05) is 24.3 Å². The molecule has 2 amide bonds. The number of nitrogens with one attached hydrogen (secondary N) is 1. The number of halogens is 1. The molecular formula is C21H21FN2O2S. The van der Waals surface area contributed by atoms with E-state index in [9.17, 15) is 14.0 Å². The van der Waals surface area contributed by atoms with Crippen molar-refractivity contribution in [1.29, 1.82) is 0 Å². The molecule has 1 saturated carbocycles. The molecule has 1 N–H and O–H groups in total. The van der Waals surface area contributed by atoms with Crippen LogP contribution in [0.15, 0.2) is 42.5 Å². The Labute approximate surface area is 162 Å². The van der Waals surface area contributed by atoms with Crippen molar-refractivity contribution in [1.82, 2.24) is 0 Å². The fourth-order valence-electron chi connectivity index (χ4n) is 3.37. The Morgan fingerprint density at radius 1 is 1.22 bits per heavy atom. The lowest BCUT2D eigenvalue weighted by molar-refractivity contribution is -0.122. The van der Waals surface area contributed by atoms with Crippen LogP contribution in [0.25, 0.3) is 0 Å². The lowest BCUT2D eigenvalue weighted by Crippen LogP contribution is -2.29. The summed E-state index contributed by atoms with van der Waals surface area (Å²) in [7, 11) is 0. The van der Waals surface area contributed by atoms with Crippen LogP contribution in [-0.4, -0.2) is 17.6 Å². The Kier molecular flexibility index (Phi) is 4.91. The topological polar surface area (TPSA) is 49.4 Å². The van der Waals surface area contributed by atoms with E-state index in [1.54, 1.807) is 24.0 Å². The molecule has 1 aliphatic heterocycles. The van der Waals surface area contributed by atoms with Crippen LogP contribution in [0.5, 0.6) is 0 Å². The van der Waals surface area contributed by atoms with Gasteiger partial charge in [-0.15, -0.1) is 11.8 Å². The van der Waals surface area contributed by atoms with Crippen LogP contribution in [0.3, 0.4) is 0 Å². The smallest absolute Gasteiger partial charge is 0.238 e. The van der Waals surface area contributed by atoms with Gasteiger partial charge >= 0.3 is 0 Å². The molecule has 2 fully saturated rings. The maximum Gasteiger partial charge on any atom is 0.238 e. The van der Waals surface area contributed by atoms with Crippen LogP contribution >= 0.6 is 11.8 Å². The minimum Gasteiger partial charge on any atom is -0.326 e. The summed E-state index contributed by atoms with van der Waals surface area (Å²) < 4.78 is 14.0. The molecule has 2 aromatic carbocycles. The quantitative estimate of drug-likeness (QED) is 0.835. The largest absolute Gasteiger partial charge is 0.326 e. The zero-order chi connectivity index (χ0) is 19.0. The van der Waals surface area contributed by atoms with Crippen molar-refractivity contribution < 1.29 is 14.0 Å². The maximum absolute atomic E-state index is 14.0. The van der Waals surface area contributed by atoms with E-state index in [4.69, 9.17) is 0 Å². The van der Waals surface area contributed by atoms with Crippen molar-refractivity contribution in [3.63, 3.8) is 0 Å². The summed E-state index contributed by atoms with van der Waals surface area (Å²) in [5, 5.41) is 2.74. The number of nitrogens with zero attached hydrogens (tertiary/aromatic N) is 1. The Balaban J connectivity index is 1.59. The highest BCUT2D eigenvalue weighted by Crippen LogP contribution is 2.42. The molecule has 0 aromatic heterocycles. The number of carbonyl (C=O) groups excluding carboxylic acids is 2. The summed E-state index contributed by atoms with van der Waals surface area (Å²) in [5.41, 5.74) is 2.76. The fourth-order valence-corrected chi connectivity index (χ4v) is 4.53. The van der Waals surface area contributed by atoms with Crippen molar-refractivity contribution in [2.45, 2.75) is 31.6 Å². The molecule has 2 aliphatic rings. The van der Waals surface area contributed by atoms with Gasteiger partial charge < -0.3 is 5.32 Å². The van der Waals surface area contributed by atoms with Gasteiger partial charge in [0.05, 0.1) is 5.75 Å². The first-order valence-corrected chi connectivity index (χ1v) is 10.2. The van der Waals surface area contributed by atoms with E-state index in [1.165, 1.54) is 17.8 Å². The molecule has 6 heteroatoms. The third-order valence-corrected chi connectivity index (χ3v) is 6.43. The van der Waals surface area contributed by atoms with E-state index in [0.717, 1.165) is 30.5 Å². The van der Waals surface area contributed by atoms with Crippen molar-refractivity contribution in [2.24, 2.45) is 5.92 Å². The third kappa shape index (κ3) is 3.58. The number of thioether (sulfide) groups is 1. The zero-order valence-electron chi connectivity index (χ0n) is 15.1. The van der Waals surface area contributed by atoms with E-state index in [0.29, 0.717) is 17.0 Å². The highest BCUT2D eigenvalue weighted by atomic mass is 32.2. The van der Waals surface area contributed by atoms with Crippen molar-refractivity contribution in [3.05, 3.63) is 59.4 Å². The molecule has 1 aliphatic carbocycles. The molecule has 2 aromatic rings. The highest BCUT2D eigenvalue weighted by molar-refractivity contribution is 8.00. The molecule has 1 atom stereocenters. The van der Waals surface area contributed by atoms with Crippen LogP contribution in [0.1, 0.15) is 35.8 Å². The van der Waals surface area contributed by atoms with Crippen LogP contribution < -0.4 is 10.2 Å². The minimum atomic E-state index is -0.322. The predicted molar refractivity (Wildman–Crippen MR) is 106 cm³/mol. The lowest BCUT2D eigenvalue weighted by atomic mass is 9.85. The molecule has 27 heavy (non-hydrogen) atoms. The molecule has 4 nitrogen and oxygen atoms in total. The second-order valence-corrected chi connectivity index (χ2v) is 8.17. The summed E-state index contributed by atoms with van der Waals surface area (Å²) in [5.74, 6) is 0.155. The number of aryl methyl sites for hydroxylation is 1. The normalized spacial score (nSPS) is 19.9. The molecule has 0 radical (unpaired) electrons. The molecule has 0 bridgehead atoms. The Morgan fingerprint density at radius 2 is 2.04 bits per heavy atom. The van der Waals surface area contributed by atoms with Gasteiger partial charge in [-0.3, -0.25) is 14.5 Å². The van der Waals surface area contributed by atoms with E-state index < -0.39 is 0 Å². The van der Waals surface area contributed by atoms with Gasteiger partial charge in [-0.05, 0) is 55.2 Å². The molecule has 0 unspecified atom stereocenters. The third-order valence-electron chi connectivity index (χ3n) is 5.22. The monoisotopic (exact) mass is 384 g/mol. The number of amides is 2. The molecule has 0 spiro atoms. The van der Waals surface area contributed by atoms with Crippen LogP contribution in [0, 0.1) is 18.7 Å². The van der Waals surface area contributed by atoms with Crippen LogP contribution in [0.4, 0.5) is 15.8 Å². The van der Waals surface area contributed by atoms with E-state index >= 15 is 0 Å². The van der Waals surface area contributed by atoms with Crippen LogP contribution in [-0.2, 0) is 9.59 Å². The number of hydrogen-bond acceptors (Lipinski definition) is 3. The zero-order valence-corrected chi connectivity index (χ0v) is 15.9. The maximum atomic E-state index is 14.0. The first-order chi connectivity index (χ1) is 13.0. The number of hydrogen-bond donors (Lipinski definition) is 1. The van der Waals surface area contributed by atoms with E-state index in [2.05, 4.69) is 5.32 Å². The molecule has 4 rings (SSSR count). The summed E-state index contributed by atoms with van der Waals surface area (Å²) >= 11 is 1.51. The van der Waals surface area contributed by atoms with Gasteiger partial charge in [-0.1, -0.05) is 24.6 Å². The van der Waals surface area contributed by atoms with Gasteiger partial charge in [0.15, 0.2) is 0 Å². The predicted octanol–water partition coefficient (Wildman–Crippen LogP) is 4.65. The van der Waals surface area contributed by atoms with Crippen LogP contribution in [0.2, 0.25) is 0 Å². The Hall–Kier alpha value is -2.34. The van der Waals surface area contributed by atoms with Crippen molar-refractivity contribution in [2.75, 3.05) is 16.0 Å².